The quantitative estimate of drug-likeness (QED) is 0.0607. The predicted molar refractivity (Wildman–Crippen MR) is 276 cm³/mol. The smallest absolute Gasteiger partial charge is 0.222 e. The third-order valence-corrected chi connectivity index (χ3v) is 15.6. The van der Waals surface area contributed by atoms with Gasteiger partial charge < -0.3 is 24.7 Å². The number of aromatic hydroxyl groups is 1. The van der Waals surface area contributed by atoms with Gasteiger partial charge in [-0.25, -0.2) is 0 Å². The number of ether oxygens (including phenoxy) is 1. The van der Waals surface area contributed by atoms with Gasteiger partial charge >= 0.3 is 0 Å². The molecule has 0 radical (unpaired) electrons. The van der Waals surface area contributed by atoms with Crippen molar-refractivity contribution < 1.29 is 19.7 Å². The van der Waals surface area contributed by atoms with E-state index < -0.39 is 0 Å². The number of carbonyl (C=O) groups is 1. The maximum Gasteiger partial charge on any atom is 0.222 e. The number of carbonyl (C=O) groups excluding carboxylic acids is 1. The zero-order valence-corrected chi connectivity index (χ0v) is 41.7. The number of nitrogens with zero attached hydrogens (tertiary/aromatic N) is 2. The van der Waals surface area contributed by atoms with Gasteiger partial charge in [-0.05, 0) is 164 Å². The van der Waals surface area contributed by atoms with Gasteiger partial charge in [0.15, 0.2) is 0 Å². The van der Waals surface area contributed by atoms with Gasteiger partial charge in [-0.3, -0.25) is 4.79 Å². The van der Waals surface area contributed by atoms with Crippen LogP contribution in [0.3, 0.4) is 0 Å². The van der Waals surface area contributed by atoms with Gasteiger partial charge in [0.05, 0.1) is 6.10 Å². The molecule has 2 N–H and O–H groups in total. The highest BCUT2D eigenvalue weighted by Crippen LogP contribution is 2.62. The van der Waals surface area contributed by atoms with E-state index in [1.165, 1.54) is 103 Å². The number of phenols is 1. The molecule has 2 saturated carbocycles. The van der Waals surface area contributed by atoms with Crippen molar-refractivity contribution in [3.8, 4) is 11.5 Å². The summed E-state index contributed by atoms with van der Waals surface area (Å²) in [4.78, 5) is 16.2. The number of benzene rings is 4. The van der Waals surface area contributed by atoms with Gasteiger partial charge in [-0.1, -0.05) is 151 Å². The molecule has 3 unspecified atom stereocenters. The molecular weight excluding hydrogens is 813 g/mol. The van der Waals surface area contributed by atoms with E-state index in [1.807, 2.05) is 30.1 Å². The number of hydrogen-bond donors (Lipinski definition) is 2. The summed E-state index contributed by atoms with van der Waals surface area (Å²) < 4.78 is 6.00. The van der Waals surface area contributed by atoms with Gasteiger partial charge in [0.2, 0.25) is 5.91 Å². The van der Waals surface area contributed by atoms with Crippen molar-refractivity contribution in [1.29, 1.82) is 0 Å². The Bertz CT molecular complexity index is 2100. The van der Waals surface area contributed by atoms with Gasteiger partial charge in [-0.15, -0.1) is 0 Å². The molecule has 3 aliphatic carbocycles. The Kier molecular flexibility index (Phi) is 19.8. The van der Waals surface area contributed by atoms with Crippen LogP contribution in [0.1, 0.15) is 164 Å². The largest absolute Gasteiger partial charge is 0.508 e. The predicted octanol–water partition coefficient (Wildman–Crippen LogP) is 14.0. The molecule has 0 spiro atoms. The Balaban J connectivity index is 0.000000229. The van der Waals surface area contributed by atoms with Crippen LogP contribution in [-0.4, -0.2) is 72.9 Å². The second kappa shape index (κ2) is 25.7. The minimum atomic E-state index is -0.129. The Morgan fingerprint density at radius 1 is 0.727 bits per heavy atom. The average Bonchev–Trinajstić information content (AvgIpc) is 3.63. The number of fused-ring (bicyclic) bond motifs is 5. The van der Waals surface area contributed by atoms with Crippen LogP contribution >= 0.6 is 0 Å². The molecule has 4 aromatic rings. The SMILES string of the molecule is CC/C(=C(\c1ccccc1)c1cccc(OCCN(C)C)c1)c1ccccc1.CCCCN(C)C(=O)CCCCCCCCCC[C@@H]1Cc2cc(O)ccc2C2CC[C@@]3(C)C(CC[C@@H]3O)C21. The fourth-order valence-corrected chi connectivity index (χ4v) is 11.9. The Labute approximate surface area is 399 Å². The molecule has 6 nitrogen and oxygen atoms in total. The van der Waals surface area contributed by atoms with Crippen LogP contribution in [0.5, 0.6) is 11.5 Å². The van der Waals surface area contributed by atoms with E-state index in [-0.39, 0.29) is 11.5 Å². The van der Waals surface area contributed by atoms with Crippen LogP contribution in [0.4, 0.5) is 0 Å². The molecule has 1 amide bonds. The van der Waals surface area contributed by atoms with E-state index in [2.05, 4.69) is 125 Å². The molecule has 0 heterocycles. The maximum atomic E-state index is 12.2. The summed E-state index contributed by atoms with van der Waals surface area (Å²) in [5.74, 6) is 4.24. The minimum Gasteiger partial charge on any atom is -0.508 e. The van der Waals surface area contributed by atoms with Crippen LogP contribution in [0, 0.1) is 23.2 Å². The fraction of sp³-hybridized carbons (Fsp3) is 0.550. The topological polar surface area (TPSA) is 73.2 Å². The first-order valence-electron chi connectivity index (χ1n) is 26.0. The lowest BCUT2D eigenvalue weighted by Crippen LogP contribution is -2.47. The lowest BCUT2D eigenvalue weighted by Gasteiger charge is -2.53. The van der Waals surface area contributed by atoms with E-state index in [0.717, 1.165) is 63.8 Å². The van der Waals surface area contributed by atoms with E-state index in [9.17, 15) is 15.0 Å². The molecule has 3 aliphatic rings. The van der Waals surface area contributed by atoms with E-state index in [1.54, 1.807) is 0 Å². The van der Waals surface area contributed by atoms with E-state index in [0.29, 0.717) is 48.4 Å². The number of unbranched alkanes of at least 4 members (excludes halogenated alkanes) is 8. The molecule has 6 atom stereocenters. The average molecular weight is 897 g/mol. The first-order chi connectivity index (χ1) is 32.0. The third-order valence-electron chi connectivity index (χ3n) is 15.6. The minimum absolute atomic E-state index is 0.101. The van der Waals surface area contributed by atoms with Crippen molar-refractivity contribution >= 4 is 17.1 Å². The zero-order chi connectivity index (χ0) is 46.9. The highest BCUT2D eigenvalue weighted by atomic mass is 16.5. The van der Waals surface area contributed by atoms with Crippen LogP contribution in [0.15, 0.2) is 103 Å². The van der Waals surface area contributed by atoms with Gasteiger partial charge in [0, 0.05) is 26.6 Å². The highest BCUT2D eigenvalue weighted by Gasteiger charge is 2.56. The zero-order valence-electron chi connectivity index (χ0n) is 41.7. The van der Waals surface area contributed by atoms with Crippen molar-refractivity contribution in [2.45, 2.75) is 148 Å². The second-order valence-electron chi connectivity index (χ2n) is 20.4. The van der Waals surface area contributed by atoms with Gasteiger partial charge in [0.1, 0.15) is 18.1 Å². The molecule has 7 rings (SSSR count). The monoisotopic (exact) mass is 897 g/mol. The van der Waals surface area contributed by atoms with Crippen LogP contribution in [0.2, 0.25) is 0 Å². The van der Waals surface area contributed by atoms with Gasteiger partial charge in [-0.2, -0.15) is 0 Å². The number of rotatable bonds is 22. The summed E-state index contributed by atoms with van der Waals surface area (Å²) in [5.41, 5.74) is 9.27. The fourth-order valence-electron chi connectivity index (χ4n) is 11.9. The summed E-state index contributed by atoms with van der Waals surface area (Å²) in [5, 5.41) is 21.1. The lowest BCUT2D eigenvalue weighted by molar-refractivity contribution is -0.130. The summed E-state index contributed by atoms with van der Waals surface area (Å²) >= 11 is 0. The Morgan fingerprint density at radius 3 is 2.08 bits per heavy atom. The van der Waals surface area contributed by atoms with Crippen molar-refractivity contribution in [3.63, 3.8) is 0 Å². The van der Waals surface area contributed by atoms with Crippen molar-refractivity contribution in [2.75, 3.05) is 40.8 Å². The Morgan fingerprint density at radius 2 is 1.39 bits per heavy atom. The van der Waals surface area contributed by atoms with E-state index in [4.69, 9.17) is 4.74 Å². The summed E-state index contributed by atoms with van der Waals surface area (Å²) in [7, 11) is 6.06. The number of hydrogen-bond acceptors (Lipinski definition) is 5. The first kappa shape index (κ1) is 51.0. The van der Waals surface area contributed by atoms with Crippen LogP contribution < -0.4 is 4.74 Å². The standard InChI is InChI=1S/C34H55NO3.C26H29NO/c1-4-5-22-35(3)32(38)15-13-11-9-7-6-8-10-12-14-25-23-26-24-27(36)16-17-28(26)29-20-21-34(2)30(33(25)29)18-19-31(34)37;1-4-25(21-12-7-5-8-13-21)26(22-14-9-6-10-15-22)23-16-11-17-24(20-23)28-19-18-27(2)3/h16-17,24-25,29-31,33,36-37H,4-15,18-23H2,1-3H3;5-17,20H,4,18-19H2,1-3H3/b;26-25-/t25-,29?,30?,31+,33?,34+;/m1./s1. The number of aliphatic hydroxyl groups excluding tert-OH is 1. The molecule has 2 fully saturated rings. The van der Waals surface area contributed by atoms with Crippen LogP contribution in [0.25, 0.3) is 11.1 Å². The molecule has 0 saturated heterocycles. The summed E-state index contributed by atoms with van der Waals surface area (Å²) in [6.45, 7) is 9.24. The number of likely N-dealkylation sites (N-methyl/N-ethyl adjacent to an activating group) is 1. The van der Waals surface area contributed by atoms with Crippen molar-refractivity contribution in [1.82, 2.24) is 9.80 Å². The Hall–Kier alpha value is -4.39. The van der Waals surface area contributed by atoms with Crippen molar-refractivity contribution in [3.05, 3.63) is 131 Å². The molecule has 358 valence electrons. The second-order valence-corrected chi connectivity index (χ2v) is 20.4. The molecule has 0 aliphatic heterocycles. The normalized spacial score (nSPS) is 22.3. The van der Waals surface area contributed by atoms with E-state index >= 15 is 0 Å². The molecule has 4 aromatic carbocycles. The number of amides is 1. The first-order valence-corrected chi connectivity index (χ1v) is 26.0. The maximum absolute atomic E-state index is 12.2. The summed E-state index contributed by atoms with van der Waals surface area (Å²) in [6, 6.07) is 35.9. The van der Waals surface area contributed by atoms with Crippen molar-refractivity contribution in [2.24, 2.45) is 23.2 Å². The van der Waals surface area contributed by atoms with Crippen LogP contribution in [-0.2, 0) is 11.2 Å². The van der Waals surface area contributed by atoms with Gasteiger partial charge in [0.25, 0.3) is 0 Å². The number of phenolic OH excluding ortho intramolecular Hbond substituents is 1. The molecular formula is C60H84N2O4. The molecule has 0 bridgehead atoms. The number of aliphatic hydroxyl groups is 1. The highest BCUT2D eigenvalue weighted by molar-refractivity contribution is 5.98. The molecule has 0 aromatic heterocycles. The lowest BCUT2D eigenvalue weighted by atomic mass is 9.52. The summed E-state index contributed by atoms with van der Waals surface area (Å²) in [6.07, 6.45) is 20.6. The molecule has 6 heteroatoms. The molecule has 66 heavy (non-hydrogen) atoms. The number of allylic oxidation sites excluding steroid dienone is 1. The third kappa shape index (κ3) is 13.6.